The molecule has 1 aromatic carbocycles. The Morgan fingerprint density at radius 3 is 2.63 bits per heavy atom. The van der Waals surface area contributed by atoms with E-state index in [0.29, 0.717) is 32.0 Å². The summed E-state index contributed by atoms with van der Waals surface area (Å²) in [6.45, 7) is 5.59. The van der Waals surface area contributed by atoms with Gasteiger partial charge in [-0.15, -0.1) is 24.0 Å². The minimum Gasteiger partial charge on any atom is -0.488 e. The number of nitrogens with one attached hydrogen (secondary N) is 2. The van der Waals surface area contributed by atoms with E-state index in [9.17, 15) is 13.2 Å². The van der Waals surface area contributed by atoms with E-state index < -0.39 is 11.7 Å². The Bertz CT molecular complexity index is 795. The predicted molar refractivity (Wildman–Crippen MR) is 122 cm³/mol. The van der Waals surface area contributed by atoms with Crippen LogP contribution in [0.3, 0.4) is 0 Å². The van der Waals surface area contributed by atoms with Crippen molar-refractivity contribution in [3.05, 3.63) is 47.8 Å². The van der Waals surface area contributed by atoms with Crippen LogP contribution >= 0.6 is 24.0 Å². The lowest BCUT2D eigenvalue weighted by Crippen LogP contribution is -2.39. The molecule has 1 unspecified atom stereocenters. The van der Waals surface area contributed by atoms with Crippen LogP contribution in [0, 0.1) is 0 Å². The van der Waals surface area contributed by atoms with Crippen molar-refractivity contribution in [3.8, 4) is 5.75 Å². The average molecular weight is 539 g/mol. The second-order valence-electron chi connectivity index (χ2n) is 6.59. The number of guanidine groups is 1. The highest BCUT2D eigenvalue weighted by molar-refractivity contribution is 14.0. The Hall–Kier alpha value is -1.98. The number of alkyl halides is 3. The zero-order chi connectivity index (χ0) is 21.3. The van der Waals surface area contributed by atoms with E-state index in [-0.39, 0.29) is 35.8 Å². The molecule has 0 saturated carbocycles. The van der Waals surface area contributed by atoms with Crippen molar-refractivity contribution in [1.29, 1.82) is 0 Å². The lowest BCUT2D eigenvalue weighted by atomic mass is 10.2. The Morgan fingerprint density at radius 2 is 2.03 bits per heavy atom. The van der Waals surface area contributed by atoms with Gasteiger partial charge in [-0.05, 0) is 43.5 Å². The van der Waals surface area contributed by atoms with Crippen LogP contribution in [-0.4, -0.2) is 41.5 Å². The number of halogens is 4. The van der Waals surface area contributed by atoms with Crippen LogP contribution < -0.4 is 15.4 Å². The molecule has 0 amide bonds. The maximum atomic E-state index is 12.9. The quantitative estimate of drug-likeness (QED) is 0.287. The van der Waals surface area contributed by atoms with Gasteiger partial charge in [-0.25, -0.2) is 4.99 Å². The van der Waals surface area contributed by atoms with Crippen molar-refractivity contribution in [2.24, 2.45) is 12.0 Å². The van der Waals surface area contributed by atoms with Crippen LogP contribution in [0.25, 0.3) is 0 Å². The first-order valence-corrected chi connectivity index (χ1v) is 9.65. The lowest BCUT2D eigenvalue weighted by Gasteiger charge is -2.18. The highest BCUT2D eigenvalue weighted by Gasteiger charge is 2.30. The summed E-state index contributed by atoms with van der Waals surface area (Å²) in [6, 6.07) is 4.92. The lowest BCUT2D eigenvalue weighted by molar-refractivity contribution is -0.137. The standard InChI is InChI=1S/C20H28F3N5O.HI/c1-4-17(29-18-8-6-7-16(11-18)20(21,22)23)13-26-19(24-5-2)25-10-9-15-12-27-28(3)14-15;/h6-8,11-12,14,17H,4-5,9-10,13H2,1-3H3,(H2,24,25,26);1H. The summed E-state index contributed by atoms with van der Waals surface area (Å²) in [5.74, 6) is 0.832. The summed E-state index contributed by atoms with van der Waals surface area (Å²) < 4.78 is 46.1. The van der Waals surface area contributed by atoms with Crippen LogP contribution in [0.2, 0.25) is 0 Å². The van der Waals surface area contributed by atoms with Crippen molar-refractivity contribution in [2.45, 2.75) is 39.0 Å². The van der Waals surface area contributed by atoms with Gasteiger partial charge in [0.05, 0.1) is 18.3 Å². The molecule has 6 nitrogen and oxygen atoms in total. The maximum absolute atomic E-state index is 12.9. The Kier molecular flexibility index (Phi) is 11.0. The maximum Gasteiger partial charge on any atom is 0.416 e. The first kappa shape index (κ1) is 26.1. The first-order valence-electron chi connectivity index (χ1n) is 9.65. The molecule has 0 aliphatic carbocycles. The number of aromatic nitrogens is 2. The molecule has 30 heavy (non-hydrogen) atoms. The molecule has 0 saturated heterocycles. The molecule has 1 aromatic heterocycles. The third-order valence-corrected chi connectivity index (χ3v) is 4.18. The Balaban J connectivity index is 0.00000450. The SMILES string of the molecule is CCNC(=NCC(CC)Oc1cccc(C(F)(F)F)c1)NCCc1cnn(C)c1.I. The van der Waals surface area contributed by atoms with Gasteiger partial charge in [0.25, 0.3) is 0 Å². The average Bonchev–Trinajstić information content (AvgIpc) is 3.09. The summed E-state index contributed by atoms with van der Waals surface area (Å²) in [5, 5.41) is 10.5. The molecule has 0 fully saturated rings. The number of benzene rings is 1. The smallest absolute Gasteiger partial charge is 0.416 e. The van der Waals surface area contributed by atoms with Crippen molar-refractivity contribution in [2.75, 3.05) is 19.6 Å². The van der Waals surface area contributed by atoms with Crippen molar-refractivity contribution >= 4 is 29.9 Å². The molecule has 0 aliphatic rings. The molecule has 10 heteroatoms. The molecule has 0 radical (unpaired) electrons. The normalized spacial score (nSPS) is 12.8. The van der Waals surface area contributed by atoms with E-state index in [1.165, 1.54) is 12.1 Å². The molecule has 2 rings (SSSR count). The molecule has 1 heterocycles. The third kappa shape index (κ3) is 8.80. The summed E-state index contributed by atoms with van der Waals surface area (Å²) in [6.07, 6.45) is 0.483. The zero-order valence-corrected chi connectivity index (χ0v) is 19.7. The highest BCUT2D eigenvalue weighted by Crippen LogP contribution is 2.31. The van der Waals surface area contributed by atoms with E-state index in [1.807, 2.05) is 33.3 Å². The van der Waals surface area contributed by atoms with Crippen molar-refractivity contribution in [1.82, 2.24) is 20.4 Å². The monoisotopic (exact) mass is 539 g/mol. The van der Waals surface area contributed by atoms with Gasteiger partial charge in [-0.2, -0.15) is 18.3 Å². The number of ether oxygens (including phenoxy) is 1. The predicted octanol–water partition coefficient (Wildman–Crippen LogP) is 4.01. The van der Waals surface area contributed by atoms with Crippen molar-refractivity contribution < 1.29 is 17.9 Å². The molecular formula is C20H29F3IN5O. The fourth-order valence-corrected chi connectivity index (χ4v) is 2.65. The summed E-state index contributed by atoms with van der Waals surface area (Å²) in [5.41, 5.74) is 0.397. The van der Waals surface area contributed by atoms with Gasteiger partial charge in [0, 0.05) is 26.3 Å². The van der Waals surface area contributed by atoms with Gasteiger partial charge in [-0.1, -0.05) is 13.0 Å². The minimum atomic E-state index is -4.39. The first-order chi connectivity index (χ1) is 13.8. The molecule has 2 N–H and O–H groups in total. The van der Waals surface area contributed by atoms with E-state index >= 15 is 0 Å². The summed E-state index contributed by atoms with van der Waals surface area (Å²) in [4.78, 5) is 4.51. The summed E-state index contributed by atoms with van der Waals surface area (Å²) in [7, 11) is 1.87. The zero-order valence-electron chi connectivity index (χ0n) is 17.4. The number of hydrogen-bond acceptors (Lipinski definition) is 3. The van der Waals surface area contributed by atoms with Crippen LogP contribution in [-0.2, 0) is 19.6 Å². The molecule has 0 bridgehead atoms. The second kappa shape index (κ2) is 12.7. The van der Waals surface area contributed by atoms with Crippen molar-refractivity contribution in [3.63, 3.8) is 0 Å². The van der Waals surface area contributed by atoms with Crippen LogP contribution in [0.1, 0.15) is 31.4 Å². The number of hydrogen-bond donors (Lipinski definition) is 2. The minimum absolute atomic E-state index is 0. The number of aliphatic imine (C=N–C) groups is 1. The molecular weight excluding hydrogens is 510 g/mol. The molecule has 1 atom stereocenters. The fourth-order valence-electron chi connectivity index (χ4n) is 2.65. The number of rotatable bonds is 9. The Labute approximate surface area is 192 Å². The van der Waals surface area contributed by atoms with Crippen LogP contribution in [0.4, 0.5) is 13.2 Å². The van der Waals surface area contributed by atoms with Crippen LogP contribution in [0.15, 0.2) is 41.7 Å². The largest absolute Gasteiger partial charge is 0.488 e. The number of aryl methyl sites for hydroxylation is 1. The molecule has 0 aliphatic heterocycles. The number of nitrogens with zero attached hydrogens (tertiary/aromatic N) is 3. The van der Waals surface area contributed by atoms with Gasteiger partial charge in [0.15, 0.2) is 5.96 Å². The van der Waals surface area contributed by atoms with Gasteiger partial charge in [0.1, 0.15) is 11.9 Å². The van der Waals surface area contributed by atoms with E-state index in [2.05, 4.69) is 20.7 Å². The van der Waals surface area contributed by atoms with Gasteiger partial charge in [0.2, 0.25) is 0 Å². The topological polar surface area (TPSA) is 63.5 Å². The highest BCUT2D eigenvalue weighted by atomic mass is 127. The van der Waals surface area contributed by atoms with Gasteiger partial charge < -0.3 is 15.4 Å². The molecule has 168 valence electrons. The van der Waals surface area contributed by atoms with E-state index in [4.69, 9.17) is 4.74 Å². The Morgan fingerprint density at radius 1 is 1.27 bits per heavy atom. The van der Waals surface area contributed by atoms with E-state index in [1.54, 1.807) is 4.68 Å². The summed E-state index contributed by atoms with van der Waals surface area (Å²) >= 11 is 0. The van der Waals surface area contributed by atoms with Gasteiger partial charge in [-0.3, -0.25) is 4.68 Å². The molecule has 0 spiro atoms. The van der Waals surface area contributed by atoms with Crippen LogP contribution in [0.5, 0.6) is 5.75 Å². The van der Waals surface area contributed by atoms with Gasteiger partial charge >= 0.3 is 6.18 Å². The molecule has 2 aromatic rings. The fraction of sp³-hybridized carbons (Fsp3) is 0.500. The second-order valence-corrected chi connectivity index (χ2v) is 6.59. The van der Waals surface area contributed by atoms with E-state index in [0.717, 1.165) is 24.1 Å². The third-order valence-electron chi connectivity index (χ3n) is 4.18.